The molecular formula is C26H25Cl2N3O2. The number of imidazole rings is 1. The van der Waals surface area contributed by atoms with Crippen molar-refractivity contribution in [1.82, 2.24) is 14.9 Å². The third kappa shape index (κ3) is 5.86. The van der Waals surface area contributed by atoms with Crippen LogP contribution in [0.3, 0.4) is 0 Å². The van der Waals surface area contributed by atoms with Crippen LogP contribution in [0.15, 0.2) is 72.8 Å². The van der Waals surface area contributed by atoms with Gasteiger partial charge in [-0.25, -0.2) is 4.98 Å². The fourth-order valence-electron chi connectivity index (χ4n) is 3.72. The van der Waals surface area contributed by atoms with Gasteiger partial charge in [0.1, 0.15) is 11.6 Å². The van der Waals surface area contributed by atoms with E-state index in [0.29, 0.717) is 34.5 Å². The molecule has 0 spiro atoms. The molecule has 1 heterocycles. The molecule has 1 N–H and O–H groups in total. The summed E-state index contributed by atoms with van der Waals surface area (Å²) in [7, 11) is 0. The molecule has 4 rings (SSSR count). The van der Waals surface area contributed by atoms with Crippen molar-refractivity contribution in [3.05, 3.63) is 94.2 Å². The summed E-state index contributed by atoms with van der Waals surface area (Å²) in [6, 6.07) is 22.7. The molecule has 0 atom stereocenters. The minimum atomic E-state index is -0.161. The Labute approximate surface area is 203 Å². The molecule has 1 amide bonds. The average molecular weight is 482 g/mol. The number of carbonyl (C=O) groups is 1. The van der Waals surface area contributed by atoms with Gasteiger partial charge in [-0.15, -0.1) is 0 Å². The van der Waals surface area contributed by atoms with Crippen molar-refractivity contribution in [3.8, 4) is 5.75 Å². The number of nitrogens with zero attached hydrogens (tertiary/aromatic N) is 2. The molecule has 5 nitrogen and oxygen atoms in total. The zero-order valence-corrected chi connectivity index (χ0v) is 19.6. The number of benzene rings is 3. The van der Waals surface area contributed by atoms with Crippen LogP contribution in [0, 0.1) is 0 Å². The Kier molecular flexibility index (Phi) is 7.87. The molecule has 33 heavy (non-hydrogen) atoms. The normalized spacial score (nSPS) is 11.0. The number of ether oxygens (including phenoxy) is 1. The highest BCUT2D eigenvalue weighted by Gasteiger charge is 2.12. The molecular weight excluding hydrogens is 457 g/mol. The van der Waals surface area contributed by atoms with Gasteiger partial charge < -0.3 is 14.6 Å². The van der Waals surface area contributed by atoms with Crippen LogP contribution >= 0.6 is 23.2 Å². The Morgan fingerprint density at radius 2 is 1.64 bits per heavy atom. The van der Waals surface area contributed by atoms with E-state index < -0.39 is 0 Å². The van der Waals surface area contributed by atoms with Gasteiger partial charge in [0, 0.05) is 19.5 Å². The van der Waals surface area contributed by atoms with Gasteiger partial charge in [0.25, 0.3) is 5.91 Å². The van der Waals surface area contributed by atoms with Crippen molar-refractivity contribution in [2.75, 3.05) is 13.2 Å². The third-order valence-electron chi connectivity index (χ3n) is 5.34. The summed E-state index contributed by atoms with van der Waals surface area (Å²) >= 11 is 12.3. The summed E-state index contributed by atoms with van der Waals surface area (Å²) in [5.74, 6) is 1.54. The van der Waals surface area contributed by atoms with E-state index in [0.717, 1.165) is 42.7 Å². The molecule has 0 saturated carbocycles. The molecule has 0 saturated heterocycles. The lowest BCUT2D eigenvalue weighted by atomic mass is 10.2. The lowest BCUT2D eigenvalue weighted by Gasteiger charge is -2.11. The predicted molar refractivity (Wildman–Crippen MR) is 133 cm³/mol. The summed E-state index contributed by atoms with van der Waals surface area (Å²) < 4.78 is 8.08. The van der Waals surface area contributed by atoms with E-state index in [9.17, 15) is 4.79 Å². The van der Waals surface area contributed by atoms with Crippen LogP contribution in [-0.2, 0) is 13.0 Å². The molecule has 4 aromatic rings. The number of fused-ring (bicyclic) bond motifs is 1. The highest BCUT2D eigenvalue weighted by molar-refractivity contribution is 6.33. The van der Waals surface area contributed by atoms with Crippen molar-refractivity contribution in [1.29, 1.82) is 0 Å². The van der Waals surface area contributed by atoms with E-state index >= 15 is 0 Å². The van der Waals surface area contributed by atoms with Gasteiger partial charge in [-0.2, -0.15) is 0 Å². The van der Waals surface area contributed by atoms with Gasteiger partial charge in [-0.1, -0.05) is 59.6 Å². The Hall–Kier alpha value is -3.02. The number of para-hydroxylation sites is 3. The molecule has 0 aliphatic heterocycles. The summed E-state index contributed by atoms with van der Waals surface area (Å²) in [6.45, 7) is 1.89. The molecule has 0 unspecified atom stereocenters. The highest BCUT2D eigenvalue weighted by atomic mass is 35.5. The van der Waals surface area contributed by atoms with Crippen LogP contribution in [0.5, 0.6) is 5.75 Å². The zero-order valence-electron chi connectivity index (χ0n) is 18.1. The number of halogens is 2. The maximum Gasteiger partial charge on any atom is 0.252 e. The largest absolute Gasteiger partial charge is 0.492 e. The van der Waals surface area contributed by atoms with E-state index in [-0.39, 0.29) is 5.91 Å². The first-order valence-corrected chi connectivity index (χ1v) is 11.7. The maximum absolute atomic E-state index is 12.4. The number of hydrogen-bond acceptors (Lipinski definition) is 3. The molecule has 0 aliphatic carbocycles. The van der Waals surface area contributed by atoms with Crippen molar-refractivity contribution in [3.63, 3.8) is 0 Å². The van der Waals surface area contributed by atoms with Crippen LogP contribution in [-0.4, -0.2) is 28.6 Å². The second-order valence-electron chi connectivity index (χ2n) is 7.64. The predicted octanol–water partition coefficient (Wildman–Crippen LogP) is 6.17. The third-order valence-corrected chi connectivity index (χ3v) is 5.98. The second-order valence-corrected chi connectivity index (χ2v) is 8.45. The summed E-state index contributed by atoms with van der Waals surface area (Å²) in [6.07, 6.45) is 2.35. The van der Waals surface area contributed by atoms with Crippen LogP contribution in [0.4, 0.5) is 0 Å². The lowest BCUT2D eigenvalue weighted by molar-refractivity contribution is 0.0953. The first-order chi connectivity index (χ1) is 16.1. The van der Waals surface area contributed by atoms with Crippen molar-refractivity contribution >= 4 is 40.1 Å². The Balaban J connectivity index is 1.34. The van der Waals surface area contributed by atoms with Crippen LogP contribution in [0.1, 0.15) is 29.0 Å². The summed E-state index contributed by atoms with van der Waals surface area (Å²) in [5.41, 5.74) is 2.56. The minimum absolute atomic E-state index is 0.161. The molecule has 0 fully saturated rings. The number of amides is 1. The van der Waals surface area contributed by atoms with Gasteiger partial charge in [0.05, 0.1) is 33.2 Å². The van der Waals surface area contributed by atoms with Gasteiger partial charge >= 0.3 is 0 Å². The second kappa shape index (κ2) is 11.2. The van der Waals surface area contributed by atoms with E-state index in [1.807, 2.05) is 48.5 Å². The molecule has 0 radical (unpaired) electrons. The van der Waals surface area contributed by atoms with E-state index in [1.165, 1.54) is 0 Å². The van der Waals surface area contributed by atoms with Crippen LogP contribution in [0.25, 0.3) is 11.0 Å². The minimum Gasteiger partial charge on any atom is -0.492 e. The number of aryl methyl sites for hydroxylation is 2. The first-order valence-electron chi connectivity index (χ1n) is 11.0. The Morgan fingerprint density at radius 3 is 2.45 bits per heavy atom. The number of carbonyl (C=O) groups excluding carboxylic acids is 1. The average Bonchev–Trinajstić information content (AvgIpc) is 3.18. The number of aromatic nitrogens is 2. The number of rotatable bonds is 10. The molecule has 7 heteroatoms. The fourth-order valence-corrected chi connectivity index (χ4v) is 4.13. The standard InChI is InChI=1S/C26H25Cl2N3O2/c27-20-10-2-1-9-19(20)26(32)29-16-7-15-25-30-22-12-4-5-13-23(22)31(25)17-8-18-33-24-14-6-3-11-21(24)28/h1-6,9-14H,7-8,15-18H2,(H,29,32). The SMILES string of the molecule is O=C(NCCCc1nc2ccccc2n1CCCOc1ccccc1Cl)c1ccccc1Cl. The van der Waals surface area contributed by atoms with Gasteiger partial charge in [-0.05, 0) is 49.2 Å². The van der Waals surface area contributed by atoms with Crippen molar-refractivity contribution < 1.29 is 9.53 Å². The first kappa shape index (κ1) is 23.1. The Bertz CT molecular complexity index is 1240. The fraction of sp³-hybridized carbons (Fsp3) is 0.231. The number of nitrogens with one attached hydrogen (secondary N) is 1. The molecule has 0 aliphatic rings. The summed E-state index contributed by atoms with van der Waals surface area (Å²) in [4.78, 5) is 17.2. The van der Waals surface area contributed by atoms with E-state index in [2.05, 4.69) is 16.0 Å². The zero-order chi connectivity index (χ0) is 23.0. The van der Waals surface area contributed by atoms with Gasteiger partial charge in [0.2, 0.25) is 0 Å². The highest BCUT2D eigenvalue weighted by Crippen LogP contribution is 2.23. The monoisotopic (exact) mass is 481 g/mol. The van der Waals surface area contributed by atoms with Crippen LogP contribution in [0.2, 0.25) is 10.0 Å². The van der Waals surface area contributed by atoms with E-state index in [4.69, 9.17) is 32.9 Å². The molecule has 0 bridgehead atoms. The van der Waals surface area contributed by atoms with Gasteiger partial charge in [-0.3, -0.25) is 4.79 Å². The lowest BCUT2D eigenvalue weighted by Crippen LogP contribution is -2.25. The molecule has 1 aromatic heterocycles. The molecule has 3 aromatic carbocycles. The van der Waals surface area contributed by atoms with Crippen LogP contribution < -0.4 is 10.1 Å². The van der Waals surface area contributed by atoms with Crippen molar-refractivity contribution in [2.24, 2.45) is 0 Å². The number of hydrogen-bond donors (Lipinski definition) is 1. The van der Waals surface area contributed by atoms with E-state index in [1.54, 1.807) is 18.2 Å². The van der Waals surface area contributed by atoms with Crippen molar-refractivity contribution in [2.45, 2.75) is 25.8 Å². The molecule has 170 valence electrons. The topological polar surface area (TPSA) is 56.2 Å². The van der Waals surface area contributed by atoms with Gasteiger partial charge in [0.15, 0.2) is 0 Å². The summed E-state index contributed by atoms with van der Waals surface area (Å²) in [5, 5.41) is 4.02. The maximum atomic E-state index is 12.4. The Morgan fingerprint density at radius 1 is 0.909 bits per heavy atom. The quantitative estimate of drug-likeness (QED) is 0.275. The smallest absolute Gasteiger partial charge is 0.252 e.